The molecule has 2 heterocycles. The molecule has 0 N–H and O–H groups in total. The number of nitrogens with zero attached hydrogens (tertiary/aromatic N) is 3. The van der Waals surface area contributed by atoms with Crippen molar-refractivity contribution in [1.29, 1.82) is 5.26 Å². The first-order valence-electron chi connectivity index (χ1n) is 3.34. The zero-order chi connectivity index (χ0) is 8.55. The third-order valence-electron chi connectivity index (χ3n) is 1.63. The smallest absolute Gasteiger partial charge is 0.153 e. The van der Waals surface area contributed by atoms with Gasteiger partial charge in [0.05, 0.1) is 11.7 Å². The van der Waals surface area contributed by atoms with Crippen molar-refractivity contribution in [3.63, 3.8) is 0 Å². The largest absolute Gasteiger partial charge is 0.304 e. The lowest BCUT2D eigenvalue weighted by molar-refractivity contribution is 1.10. The van der Waals surface area contributed by atoms with E-state index in [1.165, 1.54) is 6.20 Å². The van der Waals surface area contributed by atoms with Gasteiger partial charge in [-0.15, -0.1) is 0 Å². The minimum absolute atomic E-state index is 0.416. The maximum atomic E-state index is 8.69. The van der Waals surface area contributed by atoms with Gasteiger partial charge in [0.25, 0.3) is 0 Å². The Kier molecular flexibility index (Phi) is 1.49. The van der Waals surface area contributed by atoms with Crippen molar-refractivity contribution in [3.8, 4) is 6.07 Å². The van der Waals surface area contributed by atoms with Crippen LogP contribution in [0.4, 0.5) is 0 Å². The third kappa shape index (κ3) is 0.858. The molecule has 0 bridgehead atoms. The first-order chi connectivity index (χ1) is 5.83. The summed E-state index contributed by atoms with van der Waals surface area (Å²) in [5.74, 6) is 0. The highest BCUT2D eigenvalue weighted by Gasteiger charge is 2.02. The zero-order valence-electron chi connectivity index (χ0n) is 6.03. The molecule has 0 aromatic carbocycles. The molecule has 58 valence electrons. The van der Waals surface area contributed by atoms with Crippen molar-refractivity contribution in [2.45, 2.75) is 0 Å². The van der Waals surface area contributed by atoms with E-state index < -0.39 is 0 Å². The molecule has 0 aliphatic carbocycles. The van der Waals surface area contributed by atoms with Crippen molar-refractivity contribution in [3.05, 3.63) is 35.4 Å². The fourth-order valence-corrected chi connectivity index (χ4v) is 1.29. The van der Waals surface area contributed by atoms with Gasteiger partial charge in [-0.2, -0.15) is 5.26 Å². The van der Waals surface area contributed by atoms with Crippen LogP contribution in [0.15, 0.2) is 24.5 Å². The van der Waals surface area contributed by atoms with E-state index in [9.17, 15) is 0 Å². The Balaban J connectivity index is 2.94. The predicted octanol–water partition coefficient (Wildman–Crippen LogP) is 1.86. The molecule has 2 aromatic heterocycles. The highest BCUT2D eigenvalue weighted by Crippen LogP contribution is 2.15. The van der Waals surface area contributed by atoms with Crippen molar-refractivity contribution in [2.24, 2.45) is 0 Å². The van der Waals surface area contributed by atoms with Crippen LogP contribution in [0, 0.1) is 11.3 Å². The molecule has 0 atom stereocenters. The third-order valence-corrected chi connectivity index (χ3v) is 1.93. The highest BCUT2D eigenvalue weighted by molar-refractivity contribution is 6.32. The van der Waals surface area contributed by atoms with E-state index in [0.29, 0.717) is 10.8 Å². The van der Waals surface area contributed by atoms with Crippen molar-refractivity contribution in [2.75, 3.05) is 0 Å². The Morgan fingerprint density at radius 1 is 1.58 bits per heavy atom. The lowest BCUT2D eigenvalue weighted by atomic mass is 10.4. The van der Waals surface area contributed by atoms with E-state index in [-0.39, 0.29) is 0 Å². The van der Waals surface area contributed by atoms with Crippen LogP contribution in [0.25, 0.3) is 5.52 Å². The van der Waals surface area contributed by atoms with Gasteiger partial charge in [0, 0.05) is 6.20 Å². The van der Waals surface area contributed by atoms with Crippen LogP contribution < -0.4 is 0 Å². The Labute approximate surface area is 73.8 Å². The van der Waals surface area contributed by atoms with E-state index in [2.05, 4.69) is 4.98 Å². The molecule has 12 heavy (non-hydrogen) atoms. The zero-order valence-corrected chi connectivity index (χ0v) is 6.78. The summed E-state index contributed by atoms with van der Waals surface area (Å²) in [6, 6.07) is 5.66. The van der Waals surface area contributed by atoms with Gasteiger partial charge in [0.2, 0.25) is 0 Å². The summed E-state index contributed by atoms with van der Waals surface area (Å²) in [6.45, 7) is 0. The van der Waals surface area contributed by atoms with Crippen LogP contribution in [-0.2, 0) is 0 Å². The minimum Gasteiger partial charge on any atom is -0.304 e. The molecule has 2 rings (SSSR count). The summed E-state index contributed by atoms with van der Waals surface area (Å²) in [5, 5.41) is 9.11. The molecule has 0 spiro atoms. The minimum atomic E-state index is 0.416. The summed E-state index contributed by atoms with van der Waals surface area (Å²) >= 11 is 5.79. The lowest BCUT2D eigenvalue weighted by Gasteiger charge is -1.97. The van der Waals surface area contributed by atoms with Crippen molar-refractivity contribution >= 4 is 17.1 Å². The average Bonchev–Trinajstić information content (AvgIpc) is 2.54. The number of hydrogen-bond acceptors (Lipinski definition) is 2. The molecular formula is C8H4ClN3. The van der Waals surface area contributed by atoms with Gasteiger partial charge >= 0.3 is 0 Å². The van der Waals surface area contributed by atoms with Crippen LogP contribution in [-0.4, -0.2) is 9.38 Å². The standard InChI is InChI=1S/C8H4ClN3/c9-8-7-2-1-3-12(7)6(4-10)5-11-8/h1-3,5H. The topological polar surface area (TPSA) is 41.1 Å². The molecule has 0 aliphatic heterocycles. The number of rotatable bonds is 0. The first kappa shape index (κ1) is 7.14. The Morgan fingerprint density at radius 2 is 2.42 bits per heavy atom. The van der Waals surface area contributed by atoms with Crippen molar-refractivity contribution < 1.29 is 0 Å². The van der Waals surface area contributed by atoms with Crippen molar-refractivity contribution in [1.82, 2.24) is 9.38 Å². The Bertz CT molecular complexity index is 467. The van der Waals surface area contributed by atoms with Gasteiger partial charge in [-0.1, -0.05) is 11.6 Å². The fraction of sp³-hybridized carbons (Fsp3) is 0. The van der Waals surface area contributed by atoms with Crippen LogP contribution in [0.2, 0.25) is 5.15 Å². The van der Waals surface area contributed by atoms with Gasteiger partial charge in [-0.25, -0.2) is 4.98 Å². The number of nitriles is 1. The molecule has 0 aliphatic rings. The molecule has 3 nitrogen and oxygen atoms in total. The van der Waals surface area contributed by atoms with Crippen LogP contribution in [0.1, 0.15) is 5.69 Å². The van der Waals surface area contributed by atoms with Gasteiger partial charge in [-0.3, -0.25) is 0 Å². The molecular weight excluding hydrogens is 174 g/mol. The maximum absolute atomic E-state index is 8.69. The van der Waals surface area contributed by atoms with E-state index in [1.807, 2.05) is 18.2 Å². The number of halogens is 1. The van der Waals surface area contributed by atoms with Gasteiger partial charge in [0.1, 0.15) is 11.8 Å². The predicted molar refractivity (Wildman–Crippen MR) is 44.9 cm³/mol. The number of aromatic nitrogens is 2. The summed E-state index contributed by atoms with van der Waals surface area (Å²) in [4.78, 5) is 3.87. The quantitative estimate of drug-likeness (QED) is 0.616. The highest BCUT2D eigenvalue weighted by atomic mass is 35.5. The molecule has 0 saturated carbocycles. The molecule has 0 amide bonds. The van der Waals surface area contributed by atoms with E-state index in [0.717, 1.165) is 5.52 Å². The van der Waals surface area contributed by atoms with Crippen LogP contribution in [0.3, 0.4) is 0 Å². The second-order valence-electron chi connectivity index (χ2n) is 2.31. The van der Waals surface area contributed by atoms with Gasteiger partial charge in [0.15, 0.2) is 5.15 Å². The SMILES string of the molecule is N#Cc1cnc(Cl)c2cccn12. The van der Waals surface area contributed by atoms with Crippen LogP contribution in [0.5, 0.6) is 0 Å². The van der Waals surface area contributed by atoms with Gasteiger partial charge in [-0.05, 0) is 12.1 Å². The summed E-state index contributed by atoms with van der Waals surface area (Å²) in [5.41, 5.74) is 1.25. The monoisotopic (exact) mass is 177 g/mol. The van der Waals surface area contributed by atoms with E-state index in [1.54, 1.807) is 10.6 Å². The number of fused-ring (bicyclic) bond motifs is 1. The fourth-order valence-electron chi connectivity index (χ4n) is 1.09. The Hall–Kier alpha value is -1.53. The Morgan fingerprint density at radius 3 is 3.17 bits per heavy atom. The second-order valence-corrected chi connectivity index (χ2v) is 2.67. The lowest BCUT2D eigenvalue weighted by Crippen LogP contribution is -1.92. The first-order valence-corrected chi connectivity index (χ1v) is 3.72. The summed E-state index contributed by atoms with van der Waals surface area (Å²) in [7, 11) is 0. The molecule has 0 fully saturated rings. The van der Waals surface area contributed by atoms with Gasteiger partial charge < -0.3 is 4.40 Å². The molecule has 2 aromatic rings. The molecule has 0 saturated heterocycles. The molecule has 0 radical (unpaired) electrons. The van der Waals surface area contributed by atoms with E-state index >= 15 is 0 Å². The molecule has 0 unspecified atom stereocenters. The summed E-state index contributed by atoms with van der Waals surface area (Å²) < 4.78 is 1.70. The maximum Gasteiger partial charge on any atom is 0.153 e. The summed E-state index contributed by atoms with van der Waals surface area (Å²) in [6.07, 6.45) is 3.23. The normalized spacial score (nSPS) is 10.0. The number of hydrogen-bond donors (Lipinski definition) is 0. The average molecular weight is 178 g/mol. The second kappa shape index (κ2) is 2.50. The van der Waals surface area contributed by atoms with Crippen LogP contribution >= 0.6 is 11.6 Å². The van der Waals surface area contributed by atoms with E-state index in [4.69, 9.17) is 16.9 Å². The molecule has 4 heteroatoms.